The second kappa shape index (κ2) is 9.96. The first-order valence-corrected chi connectivity index (χ1v) is 9.55. The number of carboxylic acid groups (broad SMARTS) is 1. The van der Waals surface area contributed by atoms with Crippen molar-refractivity contribution in [2.75, 3.05) is 14.2 Å². The molecule has 0 heterocycles. The molecule has 1 unspecified atom stereocenters. The number of benzene rings is 2. The minimum absolute atomic E-state index is 0.162. The zero-order valence-electron chi connectivity index (χ0n) is 17.4. The van der Waals surface area contributed by atoms with E-state index in [1.807, 2.05) is 18.2 Å². The lowest BCUT2D eigenvalue weighted by molar-refractivity contribution is -0.137. The third-order valence-electron chi connectivity index (χ3n) is 5.06. The van der Waals surface area contributed by atoms with Crippen LogP contribution in [0.4, 0.5) is 0 Å². The predicted molar refractivity (Wildman–Crippen MR) is 111 cm³/mol. The van der Waals surface area contributed by atoms with Crippen molar-refractivity contribution in [2.24, 2.45) is 0 Å². The molecule has 6 heteroatoms. The molecule has 0 aliphatic rings. The van der Waals surface area contributed by atoms with E-state index in [2.05, 4.69) is 31.3 Å². The second-order valence-electron chi connectivity index (χ2n) is 7.58. The van der Waals surface area contributed by atoms with Gasteiger partial charge in [0.1, 0.15) is 0 Å². The molecule has 0 saturated carbocycles. The van der Waals surface area contributed by atoms with Gasteiger partial charge in [0, 0.05) is 6.42 Å². The summed E-state index contributed by atoms with van der Waals surface area (Å²) < 4.78 is 10.5. The number of ether oxygens (including phenoxy) is 2. The number of hydrogen-bond acceptors (Lipinski definition) is 4. The molecule has 0 spiro atoms. The van der Waals surface area contributed by atoms with Crippen LogP contribution in [0, 0.1) is 0 Å². The highest BCUT2D eigenvalue weighted by Gasteiger charge is 2.24. The van der Waals surface area contributed by atoms with Crippen LogP contribution in [0.1, 0.15) is 50.3 Å². The summed E-state index contributed by atoms with van der Waals surface area (Å²) in [6, 6.07) is 14.5. The lowest BCUT2D eigenvalue weighted by atomic mass is 9.80. The molecule has 0 fully saturated rings. The maximum Gasteiger partial charge on any atom is 0.305 e. The van der Waals surface area contributed by atoms with Gasteiger partial charge in [0.05, 0.1) is 26.7 Å². The highest BCUT2D eigenvalue weighted by Crippen LogP contribution is 2.32. The number of rotatable bonds is 10. The fourth-order valence-electron chi connectivity index (χ4n) is 3.22. The molecule has 0 aliphatic carbocycles. The van der Waals surface area contributed by atoms with Crippen LogP contribution < -0.4 is 14.8 Å². The maximum atomic E-state index is 12.6. The summed E-state index contributed by atoms with van der Waals surface area (Å²) >= 11 is 0. The summed E-state index contributed by atoms with van der Waals surface area (Å²) in [5, 5.41) is 12.1. The molecule has 2 aromatic rings. The number of hydrogen-bond donors (Lipinski definition) is 2. The Hall–Kier alpha value is -3.02. The van der Waals surface area contributed by atoms with Gasteiger partial charge in [0.25, 0.3) is 0 Å². The lowest BCUT2D eigenvalue weighted by Crippen LogP contribution is -2.31. The Morgan fingerprint density at radius 1 is 1.03 bits per heavy atom. The van der Waals surface area contributed by atoms with E-state index in [1.165, 1.54) is 14.2 Å². The monoisotopic (exact) mass is 399 g/mol. The first kappa shape index (κ1) is 22.3. The van der Waals surface area contributed by atoms with E-state index in [4.69, 9.17) is 9.47 Å². The van der Waals surface area contributed by atoms with Gasteiger partial charge in [-0.2, -0.15) is 0 Å². The maximum absolute atomic E-state index is 12.6. The van der Waals surface area contributed by atoms with Gasteiger partial charge in [-0.15, -0.1) is 0 Å². The van der Waals surface area contributed by atoms with Gasteiger partial charge in [-0.3, -0.25) is 9.59 Å². The van der Waals surface area contributed by atoms with Gasteiger partial charge in [0.2, 0.25) is 5.91 Å². The predicted octanol–water partition coefficient (Wildman–Crippen LogP) is 4.09. The van der Waals surface area contributed by atoms with Crippen LogP contribution in [0.2, 0.25) is 0 Å². The third kappa shape index (κ3) is 6.24. The van der Waals surface area contributed by atoms with E-state index in [-0.39, 0.29) is 17.7 Å². The van der Waals surface area contributed by atoms with E-state index >= 15 is 0 Å². The Labute approximate surface area is 171 Å². The summed E-state index contributed by atoms with van der Waals surface area (Å²) in [7, 11) is 3.04. The van der Waals surface area contributed by atoms with Gasteiger partial charge >= 0.3 is 5.97 Å². The Kier molecular flexibility index (Phi) is 7.65. The highest BCUT2D eigenvalue weighted by atomic mass is 16.5. The number of amides is 1. The minimum atomic E-state index is -0.991. The SMILES string of the molecule is COc1ccc(C(CC(=O)O)NC(=O)CCC(C)(C)c2ccccc2)cc1OC. The molecule has 1 amide bonds. The molecule has 29 heavy (non-hydrogen) atoms. The van der Waals surface area contributed by atoms with Gasteiger partial charge in [0.15, 0.2) is 11.5 Å². The fraction of sp³-hybridized carbons (Fsp3) is 0.391. The molecule has 1 atom stereocenters. The van der Waals surface area contributed by atoms with E-state index in [0.29, 0.717) is 29.9 Å². The van der Waals surface area contributed by atoms with Crippen molar-refractivity contribution in [1.29, 1.82) is 0 Å². The molecular weight excluding hydrogens is 370 g/mol. The topological polar surface area (TPSA) is 84.9 Å². The van der Waals surface area contributed by atoms with Crippen LogP contribution in [0.5, 0.6) is 11.5 Å². The van der Waals surface area contributed by atoms with Gasteiger partial charge in [-0.1, -0.05) is 50.2 Å². The summed E-state index contributed by atoms with van der Waals surface area (Å²) in [4.78, 5) is 23.9. The molecule has 6 nitrogen and oxygen atoms in total. The number of nitrogens with one attached hydrogen (secondary N) is 1. The molecule has 0 radical (unpaired) electrons. The first-order valence-electron chi connectivity index (χ1n) is 9.55. The van der Waals surface area contributed by atoms with Crippen LogP contribution in [-0.4, -0.2) is 31.2 Å². The zero-order valence-corrected chi connectivity index (χ0v) is 17.4. The molecule has 0 bridgehead atoms. The number of carbonyl (C=O) groups is 2. The molecule has 0 aromatic heterocycles. The summed E-state index contributed by atoms with van der Waals surface area (Å²) in [6.45, 7) is 4.19. The van der Waals surface area contributed by atoms with Crippen LogP contribution in [0.3, 0.4) is 0 Å². The highest BCUT2D eigenvalue weighted by molar-refractivity contribution is 5.78. The second-order valence-corrected chi connectivity index (χ2v) is 7.58. The van der Waals surface area contributed by atoms with Crippen molar-refractivity contribution in [1.82, 2.24) is 5.32 Å². The summed E-state index contributed by atoms with van der Waals surface area (Å²) in [6.07, 6.45) is 0.725. The van der Waals surface area contributed by atoms with Crippen molar-refractivity contribution in [3.8, 4) is 11.5 Å². The molecule has 2 rings (SSSR count). The molecule has 2 aromatic carbocycles. The van der Waals surface area contributed by atoms with E-state index in [0.717, 1.165) is 5.56 Å². The summed E-state index contributed by atoms with van der Waals surface area (Å²) in [5.74, 6) is -0.147. The van der Waals surface area contributed by atoms with E-state index < -0.39 is 12.0 Å². The Morgan fingerprint density at radius 2 is 1.69 bits per heavy atom. The van der Waals surface area contributed by atoms with Crippen molar-refractivity contribution in [3.63, 3.8) is 0 Å². The van der Waals surface area contributed by atoms with Crippen molar-refractivity contribution >= 4 is 11.9 Å². The number of carbonyl (C=O) groups excluding carboxylic acids is 1. The van der Waals surface area contributed by atoms with Crippen LogP contribution in [0.15, 0.2) is 48.5 Å². The van der Waals surface area contributed by atoms with Crippen molar-refractivity contribution in [3.05, 3.63) is 59.7 Å². The van der Waals surface area contributed by atoms with E-state index in [9.17, 15) is 14.7 Å². The normalized spacial score (nSPS) is 12.1. The van der Waals surface area contributed by atoms with Crippen molar-refractivity contribution < 1.29 is 24.2 Å². The molecule has 156 valence electrons. The van der Waals surface area contributed by atoms with Gasteiger partial charge in [-0.05, 0) is 35.1 Å². The summed E-state index contributed by atoms with van der Waals surface area (Å²) in [5.41, 5.74) is 1.65. The number of methoxy groups -OCH3 is 2. The fourth-order valence-corrected chi connectivity index (χ4v) is 3.22. The minimum Gasteiger partial charge on any atom is -0.493 e. The average Bonchev–Trinajstić information content (AvgIpc) is 2.71. The standard InChI is InChI=1S/C23H29NO5/c1-23(2,17-8-6-5-7-9-17)13-12-21(25)24-18(15-22(26)27)16-10-11-19(28-3)20(14-16)29-4/h5-11,14,18H,12-13,15H2,1-4H3,(H,24,25)(H,26,27). The molecule has 0 aliphatic heterocycles. The largest absolute Gasteiger partial charge is 0.493 e. The Bertz CT molecular complexity index is 832. The number of carboxylic acids is 1. The molecule has 0 saturated heterocycles. The van der Waals surface area contributed by atoms with Crippen LogP contribution >= 0.6 is 0 Å². The Balaban J connectivity index is 2.10. The molecular formula is C23H29NO5. The quantitative estimate of drug-likeness (QED) is 0.628. The Morgan fingerprint density at radius 3 is 2.28 bits per heavy atom. The van der Waals surface area contributed by atoms with Crippen LogP contribution in [-0.2, 0) is 15.0 Å². The average molecular weight is 399 g/mol. The van der Waals surface area contributed by atoms with Crippen molar-refractivity contribution in [2.45, 2.75) is 44.6 Å². The van der Waals surface area contributed by atoms with Gasteiger partial charge < -0.3 is 19.9 Å². The lowest BCUT2D eigenvalue weighted by Gasteiger charge is -2.26. The third-order valence-corrected chi connectivity index (χ3v) is 5.06. The van der Waals surface area contributed by atoms with Gasteiger partial charge in [-0.25, -0.2) is 0 Å². The number of aliphatic carboxylic acids is 1. The van der Waals surface area contributed by atoms with Crippen LogP contribution in [0.25, 0.3) is 0 Å². The van der Waals surface area contributed by atoms with E-state index in [1.54, 1.807) is 18.2 Å². The zero-order chi connectivity index (χ0) is 21.4. The first-order chi connectivity index (χ1) is 13.8. The molecule has 2 N–H and O–H groups in total. The smallest absolute Gasteiger partial charge is 0.305 e.